The molecule has 0 saturated carbocycles. The summed E-state index contributed by atoms with van der Waals surface area (Å²) in [5.74, 6) is 0.501. The zero-order valence-corrected chi connectivity index (χ0v) is 12.0. The van der Waals surface area contributed by atoms with Gasteiger partial charge in [0, 0.05) is 17.9 Å². The van der Waals surface area contributed by atoms with Crippen LogP contribution in [0.25, 0.3) is 0 Å². The molecule has 2 nitrogen and oxygen atoms in total. The van der Waals surface area contributed by atoms with Crippen molar-refractivity contribution >= 4 is 17.7 Å². The van der Waals surface area contributed by atoms with E-state index in [0.29, 0.717) is 12.1 Å². The van der Waals surface area contributed by atoms with Crippen molar-refractivity contribution < 1.29 is 9.18 Å². The lowest BCUT2D eigenvalue weighted by Crippen LogP contribution is -2.22. The van der Waals surface area contributed by atoms with Crippen LogP contribution in [0.3, 0.4) is 0 Å². The van der Waals surface area contributed by atoms with Gasteiger partial charge in [0.25, 0.3) is 5.91 Å². The largest absolute Gasteiger partial charge is 0.348 e. The van der Waals surface area contributed by atoms with Crippen LogP contribution in [0.4, 0.5) is 4.39 Å². The van der Waals surface area contributed by atoms with Crippen molar-refractivity contribution in [2.24, 2.45) is 0 Å². The van der Waals surface area contributed by atoms with E-state index >= 15 is 0 Å². The third-order valence-electron chi connectivity index (χ3n) is 2.87. The Balaban J connectivity index is 1.97. The molecule has 0 radical (unpaired) electrons. The standard InChI is InChI=1S/C16H16FNOS/c1-20-11-13-3-2-4-14(9-13)16(19)18-10-12-5-7-15(17)8-6-12/h2-9H,10-11H2,1H3,(H,18,19). The van der Waals surface area contributed by atoms with E-state index < -0.39 is 0 Å². The maximum atomic E-state index is 12.8. The number of amides is 1. The molecule has 0 spiro atoms. The summed E-state index contributed by atoms with van der Waals surface area (Å²) in [6.45, 7) is 0.395. The van der Waals surface area contributed by atoms with Crippen molar-refractivity contribution in [2.75, 3.05) is 6.26 Å². The van der Waals surface area contributed by atoms with Crippen LogP contribution in [0.5, 0.6) is 0 Å². The summed E-state index contributed by atoms with van der Waals surface area (Å²) < 4.78 is 12.8. The van der Waals surface area contributed by atoms with E-state index in [0.717, 1.165) is 16.9 Å². The molecule has 20 heavy (non-hydrogen) atoms. The molecule has 2 aromatic rings. The molecule has 0 aromatic heterocycles. The average molecular weight is 289 g/mol. The number of nitrogens with one attached hydrogen (secondary N) is 1. The highest BCUT2D eigenvalue weighted by Crippen LogP contribution is 2.11. The van der Waals surface area contributed by atoms with E-state index in [1.165, 1.54) is 12.1 Å². The summed E-state index contributed by atoms with van der Waals surface area (Å²) in [7, 11) is 0. The molecule has 0 aliphatic heterocycles. The van der Waals surface area contributed by atoms with Crippen LogP contribution in [0, 0.1) is 5.82 Å². The summed E-state index contributed by atoms with van der Waals surface area (Å²) in [6.07, 6.45) is 2.03. The summed E-state index contributed by atoms with van der Waals surface area (Å²) in [4.78, 5) is 12.0. The van der Waals surface area contributed by atoms with E-state index in [-0.39, 0.29) is 11.7 Å². The first-order valence-corrected chi connectivity index (χ1v) is 7.69. The lowest BCUT2D eigenvalue weighted by Gasteiger charge is -2.07. The number of carbonyl (C=O) groups excluding carboxylic acids is 1. The fourth-order valence-electron chi connectivity index (χ4n) is 1.86. The molecular formula is C16H16FNOS. The Morgan fingerprint density at radius 3 is 2.60 bits per heavy atom. The van der Waals surface area contributed by atoms with Gasteiger partial charge in [-0.1, -0.05) is 24.3 Å². The van der Waals surface area contributed by atoms with Gasteiger partial charge in [0.1, 0.15) is 5.82 Å². The second-order valence-corrected chi connectivity index (χ2v) is 5.31. The van der Waals surface area contributed by atoms with E-state index in [1.807, 2.05) is 24.5 Å². The first kappa shape index (κ1) is 14.6. The first-order chi connectivity index (χ1) is 9.69. The van der Waals surface area contributed by atoms with E-state index in [4.69, 9.17) is 0 Å². The van der Waals surface area contributed by atoms with Crippen LogP contribution in [0.1, 0.15) is 21.5 Å². The van der Waals surface area contributed by atoms with Gasteiger partial charge in [-0.3, -0.25) is 4.79 Å². The Bertz CT molecular complexity index is 583. The lowest BCUT2D eigenvalue weighted by atomic mass is 10.1. The normalized spacial score (nSPS) is 10.3. The van der Waals surface area contributed by atoms with Crippen LogP contribution in [0.2, 0.25) is 0 Å². The fraction of sp³-hybridized carbons (Fsp3) is 0.188. The van der Waals surface area contributed by atoms with Crippen LogP contribution in [0.15, 0.2) is 48.5 Å². The number of carbonyl (C=O) groups is 1. The number of rotatable bonds is 5. The molecule has 0 atom stereocenters. The molecular weight excluding hydrogens is 273 g/mol. The van der Waals surface area contributed by atoms with Crippen LogP contribution in [-0.2, 0) is 12.3 Å². The minimum Gasteiger partial charge on any atom is -0.348 e. The molecule has 0 aliphatic carbocycles. The van der Waals surface area contributed by atoms with E-state index in [1.54, 1.807) is 30.0 Å². The van der Waals surface area contributed by atoms with Crippen molar-refractivity contribution in [3.63, 3.8) is 0 Å². The predicted octanol–water partition coefficient (Wildman–Crippen LogP) is 3.62. The van der Waals surface area contributed by atoms with Crippen molar-refractivity contribution in [3.8, 4) is 0 Å². The number of halogens is 1. The molecule has 0 unspecified atom stereocenters. The summed E-state index contributed by atoms with van der Waals surface area (Å²) in [5.41, 5.74) is 2.66. The zero-order valence-electron chi connectivity index (χ0n) is 11.2. The second-order valence-electron chi connectivity index (χ2n) is 4.44. The third-order valence-corrected chi connectivity index (χ3v) is 3.49. The predicted molar refractivity (Wildman–Crippen MR) is 81.2 cm³/mol. The number of hydrogen-bond donors (Lipinski definition) is 1. The molecule has 0 heterocycles. The average Bonchev–Trinajstić information content (AvgIpc) is 2.47. The maximum Gasteiger partial charge on any atom is 0.251 e. The highest BCUT2D eigenvalue weighted by molar-refractivity contribution is 7.97. The van der Waals surface area contributed by atoms with Gasteiger partial charge in [-0.15, -0.1) is 0 Å². The van der Waals surface area contributed by atoms with Gasteiger partial charge in [0.2, 0.25) is 0 Å². The van der Waals surface area contributed by atoms with Gasteiger partial charge in [0.15, 0.2) is 0 Å². The summed E-state index contributed by atoms with van der Waals surface area (Å²) >= 11 is 1.72. The first-order valence-electron chi connectivity index (χ1n) is 6.29. The minimum absolute atomic E-state index is 0.114. The molecule has 1 amide bonds. The molecule has 0 aliphatic rings. The van der Waals surface area contributed by atoms with Gasteiger partial charge in [-0.05, 0) is 41.6 Å². The second kappa shape index (κ2) is 7.10. The Morgan fingerprint density at radius 2 is 1.90 bits per heavy atom. The van der Waals surface area contributed by atoms with E-state index in [2.05, 4.69) is 5.32 Å². The molecule has 4 heteroatoms. The quantitative estimate of drug-likeness (QED) is 0.911. The van der Waals surface area contributed by atoms with Gasteiger partial charge in [-0.25, -0.2) is 4.39 Å². The summed E-state index contributed by atoms with van der Waals surface area (Å²) in [5, 5.41) is 2.84. The molecule has 1 N–H and O–H groups in total. The monoisotopic (exact) mass is 289 g/mol. The molecule has 0 fully saturated rings. The SMILES string of the molecule is CSCc1cccc(C(=O)NCc2ccc(F)cc2)c1. The fourth-order valence-corrected chi connectivity index (χ4v) is 2.37. The number of benzene rings is 2. The maximum absolute atomic E-state index is 12.8. The van der Waals surface area contributed by atoms with Crippen LogP contribution >= 0.6 is 11.8 Å². The Hall–Kier alpha value is -1.81. The van der Waals surface area contributed by atoms with Crippen molar-refractivity contribution in [1.29, 1.82) is 0 Å². The summed E-state index contributed by atoms with van der Waals surface area (Å²) in [6, 6.07) is 13.7. The van der Waals surface area contributed by atoms with Crippen LogP contribution < -0.4 is 5.32 Å². The van der Waals surface area contributed by atoms with Crippen molar-refractivity contribution in [1.82, 2.24) is 5.32 Å². The highest BCUT2D eigenvalue weighted by Gasteiger charge is 2.06. The Morgan fingerprint density at radius 1 is 1.15 bits per heavy atom. The zero-order chi connectivity index (χ0) is 14.4. The Labute approximate surface area is 122 Å². The van der Waals surface area contributed by atoms with Gasteiger partial charge < -0.3 is 5.32 Å². The van der Waals surface area contributed by atoms with E-state index in [9.17, 15) is 9.18 Å². The molecule has 2 rings (SSSR count). The number of thioether (sulfide) groups is 1. The number of hydrogen-bond acceptors (Lipinski definition) is 2. The van der Waals surface area contributed by atoms with Gasteiger partial charge in [0.05, 0.1) is 0 Å². The third kappa shape index (κ3) is 4.10. The lowest BCUT2D eigenvalue weighted by molar-refractivity contribution is 0.0951. The minimum atomic E-state index is -0.273. The van der Waals surface area contributed by atoms with Gasteiger partial charge in [-0.2, -0.15) is 11.8 Å². The van der Waals surface area contributed by atoms with Crippen molar-refractivity contribution in [3.05, 3.63) is 71.0 Å². The molecule has 2 aromatic carbocycles. The highest BCUT2D eigenvalue weighted by atomic mass is 32.2. The molecule has 0 saturated heterocycles. The Kier molecular flexibility index (Phi) is 5.18. The van der Waals surface area contributed by atoms with Crippen molar-refractivity contribution in [2.45, 2.75) is 12.3 Å². The molecule has 104 valence electrons. The van der Waals surface area contributed by atoms with Crippen LogP contribution in [-0.4, -0.2) is 12.2 Å². The molecule has 0 bridgehead atoms. The smallest absolute Gasteiger partial charge is 0.251 e. The topological polar surface area (TPSA) is 29.1 Å². The van der Waals surface area contributed by atoms with Gasteiger partial charge >= 0.3 is 0 Å².